The van der Waals surface area contributed by atoms with Gasteiger partial charge in [0.2, 0.25) is 0 Å². The number of carboxylic acid groups (broad SMARTS) is 1. The molecule has 0 aliphatic rings. The van der Waals surface area contributed by atoms with E-state index < -0.39 is 12.1 Å². The van der Waals surface area contributed by atoms with E-state index in [9.17, 15) is 9.90 Å². The molecule has 0 spiro atoms. The Labute approximate surface area is 202 Å². The van der Waals surface area contributed by atoms with Gasteiger partial charge in [0.1, 0.15) is 11.5 Å². The number of aryl methyl sites for hydroxylation is 1. The number of methoxy groups -OCH3 is 2. The summed E-state index contributed by atoms with van der Waals surface area (Å²) in [6.45, 7) is 1.93. The van der Waals surface area contributed by atoms with Gasteiger partial charge in [0.05, 0.1) is 26.7 Å². The largest absolute Gasteiger partial charge is 0.496 e. The molecule has 0 unspecified atom stereocenters. The Bertz CT molecular complexity index is 1030. The minimum atomic E-state index is -0.843. The Kier molecular flexibility index (Phi) is 9.11. The lowest BCUT2D eigenvalue weighted by atomic mass is 9.85. The van der Waals surface area contributed by atoms with E-state index in [1.807, 2.05) is 61.5 Å². The van der Waals surface area contributed by atoms with Crippen LogP contribution in [0.1, 0.15) is 46.8 Å². The third-order valence-corrected chi connectivity index (χ3v) is 6.32. The number of carbonyl (C=O) groups is 1. The van der Waals surface area contributed by atoms with E-state index in [0.29, 0.717) is 17.9 Å². The van der Waals surface area contributed by atoms with Gasteiger partial charge in [0.15, 0.2) is 0 Å². The van der Waals surface area contributed by atoms with Gasteiger partial charge in [-0.2, -0.15) is 0 Å². The van der Waals surface area contributed by atoms with E-state index in [-0.39, 0.29) is 12.3 Å². The highest BCUT2D eigenvalue weighted by Crippen LogP contribution is 2.36. The van der Waals surface area contributed by atoms with E-state index in [1.54, 1.807) is 14.2 Å². The highest BCUT2D eigenvalue weighted by atomic mass is 16.5. The fourth-order valence-corrected chi connectivity index (χ4v) is 4.40. The van der Waals surface area contributed by atoms with Gasteiger partial charge in [-0.1, -0.05) is 54.6 Å². The fraction of sp³-hybridized carbons (Fsp3) is 0.345. The molecule has 0 bridgehead atoms. The molecule has 0 aliphatic carbocycles. The van der Waals surface area contributed by atoms with E-state index in [2.05, 4.69) is 12.1 Å². The topological polar surface area (TPSA) is 76.0 Å². The summed E-state index contributed by atoms with van der Waals surface area (Å²) in [4.78, 5) is 11.0. The van der Waals surface area contributed by atoms with Gasteiger partial charge in [-0.05, 0) is 72.9 Å². The van der Waals surface area contributed by atoms with Crippen LogP contribution in [0, 0.1) is 12.8 Å². The molecule has 0 aliphatic heterocycles. The van der Waals surface area contributed by atoms with Crippen molar-refractivity contribution in [1.29, 1.82) is 0 Å². The summed E-state index contributed by atoms with van der Waals surface area (Å²) < 4.78 is 11.0. The summed E-state index contributed by atoms with van der Waals surface area (Å²) >= 11 is 0. The number of ether oxygens (including phenoxy) is 2. The second kappa shape index (κ2) is 12.2. The summed E-state index contributed by atoms with van der Waals surface area (Å²) in [6, 6.07) is 21.8. The van der Waals surface area contributed by atoms with Crippen LogP contribution in [0.2, 0.25) is 0 Å². The Morgan fingerprint density at radius 3 is 2.03 bits per heavy atom. The molecule has 0 saturated carbocycles. The summed E-state index contributed by atoms with van der Waals surface area (Å²) in [6.07, 6.45) is 2.72. The van der Waals surface area contributed by atoms with Crippen LogP contribution in [-0.2, 0) is 24.1 Å². The van der Waals surface area contributed by atoms with Crippen molar-refractivity contribution in [2.45, 2.75) is 45.1 Å². The van der Waals surface area contributed by atoms with E-state index >= 15 is 0 Å². The molecule has 5 nitrogen and oxygen atoms in total. The van der Waals surface area contributed by atoms with Crippen molar-refractivity contribution >= 4 is 5.97 Å². The molecule has 0 aromatic heterocycles. The first-order chi connectivity index (χ1) is 16.4. The number of rotatable bonds is 12. The predicted molar refractivity (Wildman–Crippen MR) is 134 cm³/mol. The molecule has 3 aromatic carbocycles. The average Bonchev–Trinajstić information content (AvgIpc) is 2.84. The van der Waals surface area contributed by atoms with Gasteiger partial charge in [-0.3, -0.25) is 4.79 Å². The molecule has 2 N–H and O–H groups in total. The van der Waals surface area contributed by atoms with Gasteiger partial charge in [-0.15, -0.1) is 0 Å². The van der Waals surface area contributed by atoms with Crippen LogP contribution in [0.3, 0.4) is 0 Å². The van der Waals surface area contributed by atoms with Crippen LogP contribution in [0.25, 0.3) is 0 Å². The zero-order chi connectivity index (χ0) is 24.5. The van der Waals surface area contributed by atoms with Gasteiger partial charge in [-0.25, -0.2) is 0 Å². The van der Waals surface area contributed by atoms with Crippen molar-refractivity contribution < 1.29 is 24.5 Å². The molecular weight excluding hydrogens is 428 g/mol. The minimum Gasteiger partial charge on any atom is -0.496 e. The van der Waals surface area contributed by atoms with Crippen LogP contribution >= 0.6 is 0 Å². The van der Waals surface area contributed by atoms with Crippen molar-refractivity contribution in [2.75, 3.05) is 14.2 Å². The monoisotopic (exact) mass is 462 g/mol. The third kappa shape index (κ3) is 6.84. The van der Waals surface area contributed by atoms with Gasteiger partial charge < -0.3 is 19.7 Å². The highest BCUT2D eigenvalue weighted by molar-refractivity contribution is 5.70. The van der Waals surface area contributed by atoms with Gasteiger partial charge in [0, 0.05) is 5.56 Å². The molecule has 34 heavy (non-hydrogen) atoms. The maximum atomic E-state index is 11.5. The fourth-order valence-electron chi connectivity index (χ4n) is 4.40. The van der Waals surface area contributed by atoms with E-state index in [0.717, 1.165) is 41.5 Å². The maximum Gasteiger partial charge on any atom is 0.307 e. The van der Waals surface area contributed by atoms with Crippen LogP contribution in [0.5, 0.6) is 11.5 Å². The van der Waals surface area contributed by atoms with Crippen LogP contribution in [0.4, 0.5) is 0 Å². The molecule has 0 fully saturated rings. The lowest BCUT2D eigenvalue weighted by Gasteiger charge is -2.25. The molecule has 3 aromatic rings. The number of benzene rings is 3. The molecule has 180 valence electrons. The molecule has 5 heteroatoms. The quantitative estimate of drug-likeness (QED) is 0.369. The van der Waals surface area contributed by atoms with Crippen molar-refractivity contribution in [2.24, 2.45) is 5.92 Å². The normalized spacial score (nSPS) is 12.7. The van der Waals surface area contributed by atoms with Crippen molar-refractivity contribution in [3.63, 3.8) is 0 Å². The van der Waals surface area contributed by atoms with Crippen molar-refractivity contribution in [1.82, 2.24) is 0 Å². The number of aliphatic hydroxyl groups is 1. The first kappa shape index (κ1) is 25.3. The predicted octanol–water partition coefficient (Wildman–Crippen LogP) is 5.55. The number of hydrogen-bond donors (Lipinski definition) is 2. The second-order valence-electron chi connectivity index (χ2n) is 8.72. The van der Waals surface area contributed by atoms with Gasteiger partial charge in [0.25, 0.3) is 0 Å². The van der Waals surface area contributed by atoms with Crippen molar-refractivity contribution in [3.8, 4) is 11.5 Å². The number of aliphatic carboxylic acids is 1. The minimum absolute atomic E-state index is 0.00631. The molecule has 0 radical (unpaired) electrons. The Morgan fingerprint density at radius 2 is 1.47 bits per heavy atom. The standard InChI is InChI=1S/C29H34O5/c1-20-26(33-2)18-25(19-27(20)34-3)29(32)24(11-7-10-21-8-5-4-6-9-21)16-22-12-14-23(15-13-22)17-28(30)31/h4-6,8-9,12-15,18-19,24,29,32H,7,10-11,16-17H2,1-3H3,(H,30,31)/t24-,29-/m0/s1. The zero-order valence-electron chi connectivity index (χ0n) is 20.2. The molecule has 0 saturated heterocycles. The summed E-state index contributed by atoms with van der Waals surface area (Å²) in [7, 11) is 3.24. The molecular formula is C29H34O5. The van der Waals surface area contributed by atoms with Gasteiger partial charge >= 0.3 is 5.97 Å². The Morgan fingerprint density at radius 1 is 0.882 bits per heavy atom. The molecule has 2 atom stereocenters. The van der Waals surface area contributed by atoms with Crippen LogP contribution < -0.4 is 9.47 Å². The number of carboxylic acids is 1. The molecule has 3 rings (SSSR count). The third-order valence-electron chi connectivity index (χ3n) is 6.32. The molecule has 0 heterocycles. The summed E-state index contributed by atoms with van der Waals surface area (Å²) in [5.74, 6) is 0.513. The van der Waals surface area contributed by atoms with Crippen molar-refractivity contribution in [3.05, 3.63) is 94.5 Å². The van der Waals surface area contributed by atoms with E-state index in [4.69, 9.17) is 14.6 Å². The summed E-state index contributed by atoms with van der Waals surface area (Å²) in [5.41, 5.74) is 4.80. The second-order valence-corrected chi connectivity index (χ2v) is 8.72. The van der Waals surface area contributed by atoms with E-state index in [1.165, 1.54) is 5.56 Å². The Hall–Kier alpha value is -3.31. The lowest BCUT2D eigenvalue weighted by Crippen LogP contribution is -2.17. The SMILES string of the molecule is COc1cc([C@@H](O)[C@@H](CCCc2ccccc2)Cc2ccc(CC(=O)O)cc2)cc(OC)c1C. The Balaban J connectivity index is 1.82. The van der Waals surface area contributed by atoms with Crippen LogP contribution in [-0.4, -0.2) is 30.4 Å². The maximum absolute atomic E-state index is 11.5. The first-order valence-corrected chi connectivity index (χ1v) is 11.7. The highest BCUT2D eigenvalue weighted by Gasteiger charge is 2.24. The smallest absolute Gasteiger partial charge is 0.307 e. The number of hydrogen-bond acceptors (Lipinski definition) is 4. The lowest BCUT2D eigenvalue weighted by molar-refractivity contribution is -0.136. The zero-order valence-corrected chi connectivity index (χ0v) is 20.2. The van der Waals surface area contributed by atoms with Crippen LogP contribution in [0.15, 0.2) is 66.7 Å². The summed E-state index contributed by atoms with van der Waals surface area (Å²) in [5, 5.41) is 20.5. The average molecular weight is 463 g/mol. The molecule has 0 amide bonds. The number of aliphatic hydroxyl groups excluding tert-OH is 1. The first-order valence-electron chi connectivity index (χ1n) is 11.7.